The molecule has 0 radical (unpaired) electrons. The standard InChI is InChI=1S/C59H40N4/c1-4-16-39(17-5-1)43-21-14-22-44(36-43)40-30-32-42(33-31-40)57-60-58(46-34-35-50-49-26-12-13-29-54(49)63(55(50)38-46)47-23-8-3-9-24-47)62-59(61-57)52-28-15-27-51-53(41-18-6-2-7-19-41)37-45-20-10-11-25-48(45)56(51)52/h1-36,38,53H,37H2. The maximum atomic E-state index is 5.41. The summed E-state index contributed by atoms with van der Waals surface area (Å²) < 4.78 is 2.34. The highest BCUT2D eigenvalue weighted by Gasteiger charge is 2.29. The molecule has 12 rings (SSSR count). The third kappa shape index (κ3) is 6.52. The molecule has 0 amide bonds. The van der Waals surface area contributed by atoms with E-state index in [2.05, 4.69) is 229 Å². The van der Waals surface area contributed by atoms with E-state index in [1.807, 2.05) is 0 Å². The minimum absolute atomic E-state index is 0.201. The van der Waals surface area contributed by atoms with Crippen LogP contribution in [0.15, 0.2) is 224 Å². The predicted octanol–water partition coefficient (Wildman–Crippen LogP) is 14.7. The summed E-state index contributed by atoms with van der Waals surface area (Å²) >= 11 is 0. The van der Waals surface area contributed by atoms with Gasteiger partial charge in [-0.2, -0.15) is 0 Å². The zero-order valence-corrected chi connectivity index (χ0v) is 34.4. The van der Waals surface area contributed by atoms with Crippen molar-refractivity contribution in [3.8, 4) is 73.2 Å². The molecule has 4 nitrogen and oxygen atoms in total. The second kappa shape index (κ2) is 15.4. The Labute approximate surface area is 366 Å². The van der Waals surface area contributed by atoms with E-state index in [0.717, 1.165) is 51.0 Å². The van der Waals surface area contributed by atoms with Gasteiger partial charge in [0.1, 0.15) is 0 Å². The zero-order chi connectivity index (χ0) is 41.7. The third-order valence-corrected chi connectivity index (χ3v) is 12.7. The first kappa shape index (κ1) is 36.6. The summed E-state index contributed by atoms with van der Waals surface area (Å²) in [7, 11) is 0. The minimum atomic E-state index is 0.201. The molecule has 63 heavy (non-hydrogen) atoms. The monoisotopic (exact) mass is 804 g/mol. The second-order valence-electron chi connectivity index (χ2n) is 16.3. The summed E-state index contributed by atoms with van der Waals surface area (Å²) in [4.78, 5) is 16.1. The Bertz CT molecular complexity index is 3460. The van der Waals surface area contributed by atoms with Crippen molar-refractivity contribution in [3.05, 3.63) is 241 Å². The van der Waals surface area contributed by atoms with Gasteiger partial charge in [0, 0.05) is 39.1 Å². The van der Waals surface area contributed by atoms with Gasteiger partial charge in [0.2, 0.25) is 0 Å². The Hall–Kier alpha value is -8.21. The molecule has 0 spiro atoms. The van der Waals surface area contributed by atoms with E-state index in [1.165, 1.54) is 49.7 Å². The van der Waals surface area contributed by atoms with E-state index in [0.29, 0.717) is 17.5 Å². The van der Waals surface area contributed by atoms with Gasteiger partial charge in [0.05, 0.1) is 11.0 Å². The third-order valence-electron chi connectivity index (χ3n) is 12.7. The topological polar surface area (TPSA) is 43.6 Å². The largest absolute Gasteiger partial charge is 0.309 e. The van der Waals surface area contributed by atoms with Crippen molar-refractivity contribution >= 4 is 21.8 Å². The fourth-order valence-corrected chi connectivity index (χ4v) is 9.64. The lowest BCUT2D eigenvalue weighted by Crippen LogP contribution is -2.14. The van der Waals surface area contributed by atoms with Gasteiger partial charge in [-0.3, -0.25) is 0 Å². The van der Waals surface area contributed by atoms with Crippen LogP contribution in [0.4, 0.5) is 0 Å². The molecular weight excluding hydrogens is 765 g/mol. The molecule has 9 aromatic carbocycles. The van der Waals surface area contributed by atoms with Crippen molar-refractivity contribution in [1.29, 1.82) is 0 Å². The zero-order valence-electron chi connectivity index (χ0n) is 34.4. The van der Waals surface area contributed by atoms with Crippen molar-refractivity contribution in [2.45, 2.75) is 12.3 Å². The number of para-hydroxylation sites is 2. The maximum Gasteiger partial charge on any atom is 0.164 e. The minimum Gasteiger partial charge on any atom is -0.309 e. The fraction of sp³-hybridized carbons (Fsp3) is 0.0339. The smallest absolute Gasteiger partial charge is 0.164 e. The summed E-state index contributed by atoms with van der Waals surface area (Å²) in [6.07, 6.45) is 0.931. The first-order chi connectivity index (χ1) is 31.2. The van der Waals surface area contributed by atoms with E-state index < -0.39 is 0 Å². The Balaban J connectivity index is 1.05. The molecule has 0 N–H and O–H groups in total. The molecule has 11 aromatic rings. The van der Waals surface area contributed by atoms with Gasteiger partial charge in [-0.25, -0.2) is 15.0 Å². The van der Waals surface area contributed by atoms with Gasteiger partial charge in [0.25, 0.3) is 0 Å². The highest BCUT2D eigenvalue weighted by molar-refractivity contribution is 6.10. The van der Waals surface area contributed by atoms with Gasteiger partial charge >= 0.3 is 0 Å². The molecule has 296 valence electrons. The fourth-order valence-electron chi connectivity index (χ4n) is 9.64. The van der Waals surface area contributed by atoms with Crippen LogP contribution in [0.2, 0.25) is 0 Å². The highest BCUT2D eigenvalue weighted by Crippen LogP contribution is 2.47. The van der Waals surface area contributed by atoms with Crippen molar-refractivity contribution < 1.29 is 0 Å². The molecule has 0 fully saturated rings. The highest BCUT2D eigenvalue weighted by atomic mass is 15.0. The Morgan fingerprint density at radius 1 is 0.365 bits per heavy atom. The molecule has 1 unspecified atom stereocenters. The lowest BCUT2D eigenvalue weighted by molar-refractivity contribution is 0.794. The molecule has 0 bridgehead atoms. The van der Waals surface area contributed by atoms with Gasteiger partial charge in [-0.15, -0.1) is 0 Å². The Morgan fingerprint density at radius 3 is 1.71 bits per heavy atom. The van der Waals surface area contributed by atoms with Gasteiger partial charge in [-0.05, 0) is 86.8 Å². The maximum absolute atomic E-state index is 5.41. The van der Waals surface area contributed by atoms with Crippen LogP contribution >= 0.6 is 0 Å². The molecular formula is C59H40N4. The molecule has 0 aliphatic heterocycles. The summed E-state index contributed by atoms with van der Waals surface area (Å²) in [5.74, 6) is 2.11. The molecule has 1 aliphatic rings. The van der Waals surface area contributed by atoms with Gasteiger partial charge in [-0.1, -0.05) is 194 Å². The summed E-state index contributed by atoms with van der Waals surface area (Å²) in [6.45, 7) is 0. The van der Waals surface area contributed by atoms with E-state index in [1.54, 1.807) is 0 Å². The first-order valence-electron chi connectivity index (χ1n) is 21.6. The van der Waals surface area contributed by atoms with Crippen LogP contribution in [0.3, 0.4) is 0 Å². The van der Waals surface area contributed by atoms with Crippen LogP contribution in [-0.4, -0.2) is 19.5 Å². The molecule has 2 aromatic heterocycles. The van der Waals surface area contributed by atoms with Crippen LogP contribution in [0, 0.1) is 0 Å². The van der Waals surface area contributed by atoms with E-state index >= 15 is 0 Å². The van der Waals surface area contributed by atoms with Crippen LogP contribution in [0.1, 0.15) is 22.6 Å². The van der Waals surface area contributed by atoms with Crippen LogP contribution in [-0.2, 0) is 6.42 Å². The van der Waals surface area contributed by atoms with Gasteiger partial charge < -0.3 is 4.57 Å². The van der Waals surface area contributed by atoms with E-state index in [4.69, 9.17) is 15.0 Å². The summed E-state index contributed by atoms with van der Waals surface area (Å²) in [6, 6.07) is 80.1. The lowest BCUT2D eigenvalue weighted by Gasteiger charge is -2.30. The number of benzene rings is 9. The molecule has 1 aliphatic carbocycles. The van der Waals surface area contributed by atoms with Crippen LogP contribution in [0.5, 0.6) is 0 Å². The molecule has 0 saturated heterocycles. The second-order valence-corrected chi connectivity index (χ2v) is 16.3. The van der Waals surface area contributed by atoms with E-state index in [-0.39, 0.29) is 5.92 Å². The number of hydrogen-bond acceptors (Lipinski definition) is 3. The quantitative estimate of drug-likeness (QED) is 0.161. The Kier molecular flexibility index (Phi) is 8.93. The summed E-state index contributed by atoms with van der Waals surface area (Å²) in [5.41, 5.74) is 17.2. The molecule has 4 heteroatoms. The molecule has 2 heterocycles. The molecule has 1 atom stereocenters. The number of hydrogen-bond donors (Lipinski definition) is 0. The number of aromatic nitrogens is 4. The van der Waals surface area contributed by atoms with Crippen molar-refractivity contribution in [2.24, 2.45) is 0 Å². The normalized spacial score (nSPS) is 13.2. The first-order valence-corrected chi connectivity index (χ1v) is 21.6. The number of nitrogens with zero attached hydrogens (tertiary/aromatic N) is 4. The van der Waals surface area contributed by atoms with Crippen LogP contribution < -0.4 is 0 Å². The van der Waals surface area contributed by atoms with Crippen LogP contribution in [0.25, 0.3) is 95.0 Å². The average Bonchev–Trinajstić information content (AvgIpc) is 3.70. The predicted molar refractivity (Wildman–Crippen MR) is 259 cm³/mol. The number of fused-ring (bicyclic) bond motifs is 6. The van der Waals surface area contributed by atoms with E-state index in [9.17, 15) is 0 Å². The van der Waals surface area contributed by atoms with Crippen molar-refractivity contribution in [3.63, 3.8) is 0 Å². The average molecular weight is 805 g/mol. The lowest BCUT2D eigenvalue weighted by atomic mass is 9.74. The van der Waals surface area contributed by atoms with Crippen molar-refractivity contribution in [1.82, 2.24) is 19.5 Å². The molecule has 0 saturated carbocycles. The number of rotatable bonds is 7. The van der Waals surface area contributed by atoms with Crippen molar-refractivity contribution in [2.75, 3.05) is 0 Å². The SMILES string of the molecule is c1ccc(-c2cccc(-c3ccc(-c4nc(-c5ccc6c7ccccc7n(-c7ccccc7)c6c5)nc(-c5cccc6c5-c5ccccc5CC6c5ccccc5)n4)cc3)c2)cc1. The van der Waals surface area contributed by atoms with Gasteiger partial charge in [0.15, 0.2) is 17.5 Å². The Morgan fingerprint density at radius 2 is 0.921 bits per heavy atom. The summed E-state index contributed by atoms with van der Waals surface area (Å²) in [5, 5.41) is 2.39.